The number of hydrogen-bond donors (Lipinski definition) is 0. The third-order valence-corrected chi connectivity index (χ3v) is 4.48. The van der Waals surface area contributed by atoms with Crippen LogP contribution in [0.4, 0.5) is 11.6 Å². The lowest BCUT2D eigenvalue weighted by Gasteiger charge is -2.36. The summed E-state index contributed by atoms with van der Waals surface area (Å²) in [6.45, 7) is 3.77. The highest BCUT2D eigenvalue weighted by Crippen LogP contribution is 2.27. The second-order valence-corrected chi connectivity index (χ2v) is 5.93. The summed E-state index contributed by atoms with van der Waals surface area (Å²) in [5, 5.41) is 1.59. The van der Waals surface area contributed by atoms with Crippen molar-refractivity contribution in [1.29, 1.82) is 0 Å². The van der Waals surface area contributed by atoms with Crippen LogP contribution >= 0.6 is 27.5 Å². The first-order valence-corrected chi connectivity index (χ1v) is 8.39. The van der Waals surface area contributed by atoms with E-state index >= 15 is 0 Å². The Kier molecular flexibility index (Phi) is 4.60. The van der Waals surface area contributed by atoms with Gasteiger partial charge in [0.2, 0.25) is 5.95 Å². The zero-order chi connectivity index (χ0) is 14.7. The molecule has 1 aliphatic heterocycles. The van der Waals surface area contributed by atoms with Crippen LogP contribution < -0.4 is 9.80 Å². The maximum Gasteiger partial charge on any atom is 0.225 e. The lowest BCUT2D eigenvalue weighted by atomic mass is 10.1. The molecule has 1 aliphatic rings. The molecule has 0 radical (unpaired) electrons. The second-order valence-electron chi connectivity index (χ2n) is 4.93. The van der Waals surface area contributed by atoms with Crippen molar-refractivity contribution in [2.75, 3.05) is 36.0 Å². The van der Waals surface area contributed by atoms with Crippen LogP contribution in [-0.2, 0) is 5.33 Å². The van der Waals surface area contributed by atoms with Gasteiger partial charge < -0.3 is 9.80 Å². The van der Waals surface area contributed by atoms with Gasteiger partial charge in [-0.05, 0) is 29.8 Å². The smallest absolute Gasteiger partial charge is 0.225 e. The van der Waals surface area contributed by atoms with Gasteiger partial charge in [0.05, 0.1) is 0 Å². The van der Waals surface area contributed by atoms with Crippen LogP contribution in [0.2, 0.25) is 5.02 Å². The van der Waals surface area contributed by atoms with Crippen LogP contribution in [0.15, 0.2) is 36.7 Å². The summed E-state index contributed by atoms with van der Waals surface area (Å²) in [5.41, 5.74) is 2.48. The minimum absolute atomic E-state index is 0.782. The van der Waals surface area contributed by atoms with Crippen LogP contribution in [0.1, 0.15) is 5.56 Å². The van der Waals surface area contributed by atoms with Gasteiger partial charge in [0, 0.05) is 54.6 Å². The number of rotatable bonds is 3. The Labute approximate surface area is 137 Å². The average molecular weight is 368 g/mol. The van der Waals surface area contributed by atoms with Crippen LogP contribution in [0.3, 0.4) is 0 Å². The quantitative estimate of drug-likeness (QED) is 0.779. The molecule has 2 aromatic rings. The normalized spacial score (nSPS) is 15.3. The zero-order valence-electron chi connectivity index (χ0n) is 11.5. The van der Waals surface area contributed by atoms with E-state index in [1.807, 2.05) is 18.2 Å². The highest BCUT2D eigenvalue weighted by Gasteiger charge is 2.20. The molecule has 1 aromatic carbocycles. The molecule has 0 unspecified atom stereocenters. The van der Waals surface area contributed by atoms with Crippen molar-refractivity contribution >= 4 is 39.2 Å². The molecule has 1 aromatic heterocycles. The van der Waals surface area contributed by atoms with Crippen molar-refractivity contribution in [1.82, 2.24) is 9.97 Å². The third kappa shape index (κ3) is 3.30. The molecule has 0 bridgehead atoms. The molecule has 0 spiro atoms. The molecule has 2 heterocycles. The third-order valence-electron chi connectivity index (χ3n) is 3.64. The molecule has 1 saturated heterocycles. The van der Waals surface area contributed by atoms with E-state index in [9.17, 15) is 0 Å². The van der Waals surface area contributed by atoms with Crippen molar-refractivity contribution in [3.63, 3.8) is 0 Å². The Morgan fingerprint density at radius 1 is 1.05 bits per heavy atom. The van der Waals surface area contributed by atoms with Gasteiger partial charge in [0.1, 0.15) is 0 Å². The van der Waals surface area contributed by atoms with E-state index in [0.29, 0.717) is 0 Å². The number of nitrogens with zero attached hydrogens (tertiary/aromatic N) is 4. The Morgan fingerprint density at radius 3 is 2.38 bits per heavy atom. The molecule has 1 fully saturated rings. The minimum atomic E-state index is 0.782. The molecule has 0 atom stereocenters. The van der Waals surface area contributed by atoms with Gasteiger partial charge in [-0.3, -0.25) is 0 Å². The summed E-state index contributed by atoms with van der Waals surface area (Å²) in [6, 6.07) is 7.93. The number of piperazine rings is 1. The molecule has 4 nitrogen and oxygen atoms in total. The highest BCUT2D eigenvalue weighted by molar-refractivity contribution is 9.08. The fraction of sp³-hybridized carbons (Fsp3) is 0.333. The lowest BCUT2D eigenvalue weighted by molar-refractivity contribution is 0.639. The van der Waals surface area contributed by atoms with Crippen molar-refractivity contribution in [3.8, 4) is 0 Å². The summed E-state index contributed by atoms with van der Waals surface area (Å²) in [7, 11) is 0. The molecule has 110 valence electrons. The Balaban J connectivity index is 1.71. The SMILES string of the molecule is Clc1ccc(N2CCN(c3ncccn3)CC2)c(CBr)c1. The van der Waals surface area contributed by atoms with Crippen molar-refractivity contribution < 1.29 is 0 Å². The molecule has 6 heteroatoms. The summed E-state index contributed by atoms with van der Waals surface area (Å²) in [4.78, 5) is 13.3. The van der Waals surface area contributed by atoms with Gasteiger partial charge in [-0.2, -0.15) is 0 Å². The van der Waals surface area contributed by atoms with Crippen LogP contribution in [-0.4, -0.2) is 36.1 Å². The predicted octanol–water partition coefficient (Wildman–Crippen LogP) is 3.35. The lowest BCUT2D eigenvalue weighted by Crippen LogP contribution is -2.47. The molecular formula is C15H16BrClN4. The zero-order valence-corrected chi connectivity index (χ0v) is 13.9. The summed E-state index contributed by atoms with van der Waals surface area (Å²) in [5.74, 6) is 0.814. The summed E-state index contributed by atoms with van der Waals surface area (Å²) >= 11 is 9.62. The van der Waals surface area contributed by atoms with E-state index in [1.165, 1.54) is 11.3 Å². The fourth-order valence-electron chi connectivity index (χ4n) is 2.57. The molecule has 0 saturated carbocycles. The van der Waals surface area contributed by atoms with Gasteiger partial charge >= 0.3 is 0 Å². The maximum absolute atomic E-state index is 6.07. The van der Waals surface area contributed by atoms with E-state index < -0.39 is 0 Å². The standard InChI is InChI=1S/C15H16BrClN4/c16-11-12-10-13(17)2-3-14(12)20-6-8-21(9-7-20)15-18-4-1-5-19-15/h1-5,10H,6-9,11H2. The van der Waals surface area contributed by atoms with E-state index in [0.717, 1.165) is 42.5 Å². The first kappa shape index (κ1) is 14.6. The number of benzene rings is 1. The minimum Gasteiger partial charge on any atom is -0.368 e. The van der Waals surface area contributed by atoms with E-state index in [2.05, 4.69) is 41.8 Å². The molecule has 0 amide bonds. The number of anilines is 2. The molecule has 3 rings (SSSR count). The van der Waals surface area contributed by atoms with E-state index in [4.69, 9.17) is 11.6 Å². The molecular weight excluding hydrogens is 352 g/mol. The van der Waals surface area contributed by atoms with E-state index in [-0.39, 0.29) is 0 Å². The van der Waals surface area contributed by atoms with Crippen molar-refractivity contribution in [2.24, 2.45) is 0 Å². The summed E-state index contributed by atoms with van der Waals surface area (Å²) < 4.78 is 0. The van der Waals surface area contributed by atoms with Gasteiger partial charge in [-0.15, -0.1) is 0 Å². The number of hydrogen-bond acceptors (Lipinski definition) is 4. The predicted molar refractivity (Wildman–Crippen MR) is 90.5 cm³/mol. The Morgan fingerprint density at radius 2 is 1.71 bits per heavy atom. The van der Waals surface area contributed by atoms with Crippen molar-refractivity contribution in [3.05, 3.63) is 47.2 Å². The number of halogens is 2. The Bertz CT molecular complexity index is 600. The number of alkyl halides is 1. The van der Waals surface area contributed by atoms with Gasteiger partial charge in [-0.1, -0.05) is 27.5 Å². The average Bonchev–Trinajstić information content (AvgIpc) is 2.56. The highest BCUT2D eigenvalue weighted by atomic mass is 79.9. The first-order chi connectivity index (χ1) is 10.3. The first-order valence-electron chi connectivity index (χ1n) is 6.89. The fourth-order valence-corrected chi connectivity index (χ4v) is 3.22. The van der Waals surface area contributed by atoms with Gasteiger partial charge in [0.15, 0.2) is 0 Å². The Hall–Kier alpha value is -1.33. The molecule has 21 heavy (non-hydrogen) atoms. The van der Waals surface area contributed by atoms with Gasteiger partial charge in [0.25, 0.3) is 0 Å². The van der Waals surface area contributed by atoms with Crippen molar-refractivity contribution in [2.45, 2.75) is 5.33 Å². The summed E-state index contributed by atoms with van der Waals surface area (Å²) in [6.07, 6.45) is 3.58. The molecule has 0 aliphatic carbocycles. The largest absolute Gasteiger partial charge is 0.368 e. The van der Waals surface area contributed by atoms with E-state index in [1.54, 1.807) is 12.4 Å². The number of aromatic nitrogens is 2. The van der Waals surface area contributed by atoms with Crippen LogP contribution in [0.5, 0.6) is 0 Å². The topological polar surface area (TPSA) is 32.3 Å². The molecule has 0 N–H and O–H groups in total. The maximum atomic E-state index is 6.07. The second kappa shape index (κ2) is 6.62. The van der Waals surface area contributed by atoms with Gasteiger partial charge in [-0.25, -0.2) is 9.97 Å². The van der Waals surface area contributed by atoms with Crippen LogP contribution in [0.25, 0.3) is 0 Å². The monoisotopic (exact) mass is 366 g/mol. The van der Waals surface area contributed by atoms with Crippen LogP contribution in [0, 0.1) is 0 Å².